The molecule has 2 aromatic rings. The first kappa shape index (κ1) is 18.1. The molecule has 1 aliphatic rings. The summed E-state index contributed by atoms with van der Waals surface area (Å²) in [5.74, 6) is 0.752. The normalized spacial score (nSPS) is 19.9. The van der Waals surface area contributed by atoms with Crippen molar-refractivity contribution < 1.29 is 8.42 Å². The summed E-state index contributed by atoms with van der Waals surface area (Å²) in [4.78, 5) is 4.69. The van der Waals surface area contributed by atoms with Crippen molar-refractivity contribution in [2.75, 3.05) is 19.6 Å². The molecule has 0 radical (unpaired) electrons. The van der Waals surface area contributed by atoms with Crippen LogP contribution >= 0.6 is 0 Å². The molecular formula is C18H26N4O2S. The van der Waals surface area contributed by atoms with Crippen LogP contribution in [0.5, 0.6) is 0 Å². The number of aryl methyl sites for hydroxylation is 1. The van der Waals surface area contributed by atoms with E-state index in [-0.39, 0.29) is 11.5 Å². The Bertz CT molecular complexity index is 835. The molecule has 0 spiro atoms. The van der Waals surface area contributed by atoms with Gasteiger partial charge in [0.2, 0.25) is 10.0 Å². The summed E-state index contributed by atoms with van der Waals surface area (Å²) in [6, 6.07) is 6.94. The Hall–Kier alpha value is -1.70. The first-order valence-electron chi connectivity index (χ1n) is 8.51. The van der Waals surface area contributed by atoms with Crippen LogP contribution in [-0.4, -0.2) is 41.9 Å². The van der Waals surface area contributed by atoms with Crippen molar-refractivity contribution in [1.29, 1.82) is 0 Å². The third kappa shape index (κ3) is 3.49. The first-order chi connectivity index (χ1) is 11.7. The van der Waals surface area contributed by atoms with Crippen LogP contribution in [0, 0.1) is 0 Å². The van der Waals surface area contributed by atoms with Crippen LogP contribution in [0.3, 0.4) is 0 Å². The van der Waals surface area contributed by atoms with Crippen LogP contribution in [0.2, 0.25) is 0 Å². The van der Waals surface area contributed by atoms with E-state index in [4.69, 9.17) is 0 Å². The summed E-state index contributed by atoms with van der Waals surface area (Å²) in [6.07, 6.45) is 3.54. The minimum Gasteiger partial charge on any atom is -0.337 e. The Morgan fingerprint density at radius 1 is 1.20 bits per heavy atom. The molecule has 3 rings (SSSR count). The lowest BCUT2D eigenvalue weighted by molar-refractivity contribution is 0.258. The van der Waals surface area contributed by atoms with Crippen LogP contribution in [0.25, 0.3) is 0 Å². The van der Waals surface area contributed by atoms with Crippen LogP contribution in [-0.2, 0) is 22.5 Å². The number of aromatic nitrogens is 2. The van der Waals surface area contributed by atoms with E-state index < -0.39 is 10.0 Å². The van der Waals surface area contributed by atoms with Crippen LogP contribution in [0.4, 0.5) is 0 Å². The monoisotopic (exact) mass is 362 g/mol. The zero-order valence-corrected chi connectivity index (χ0v) is 16.0. The molecule has 25 heavy (non-hydrogen) atoms. The standard InChI is InChI=1S/C18H26N4O2S/c1-18(2,3)14-5-7-15(8-6-14)25(23,24)22-12-9-19-13-16(22)17-20-10-11-21(17)4/h5-8,10-11,16,19H,9,12-13H2,1-4H3. The van der Waals surface area contributed by atoms with Gasteiger partial charge in [-0.2, -0.15) is 4.31 Å². The molecule has 0 aliphatic carbocycles. The summed E-state index contributed by atoms with van der Waals surface area (Å²) < 4.78 is 29.9. The molecule has 1 saturated heterocycles. The van der Waals surface area contributed by atoms with Crippen LogP contribution in [0.15, 0.2) is 41.6 Å². The highest BCUT2D eigenvalue weighted by atomic mass is 32.2. The molecule has 0 amide bonds. The van der Waals surface area contributed by atoms with E-state index >= 15 is 0 Å². The summed E-state index contributed by atoms with van der Waals surface area (Å²) in [7, 11) is -1.69. The Labute approximate surface area is 149 Å². The minimum atomic E-state index is -3.58. The molecule has 6 nitrogen and oxygen atoms in total. The van der Waals surface area contributed by atoms with Gasteiger partial charge in [-0.15, -0.1) is 0 Å². The number of piperazine rings is 1. The van der Waals surface area contributed by atoms with Gasteiger partial charge in [-0.25, -0.2) is 13.4 Å². The van der Waals surface area contributed by atoms with Crippen molar-refractivity contribution in [2.24, 2.45) is 7.05 Å². The molecule has 1 atom stereocenters. The molecule has 1 aliphatic heterocycles. The van der Waals surface area contributed by atoms with E-state index in [1.54, 1.807) is 22.6 Å². The van der Waals surface area contributed by atoms with Crippen LogP contribution in [0.1, 0.15) is 38.2 Å². The summed E-state index contributed by atoms with van der Waals surface area (Å²) >= 11 is 0. The third-order valence-electron chi connectivity index (χ3n) is 4.68. The zero-order chi connectivity index (χ0) is 18.2. The second-order valence-corrected chi connectivity index (χ2v) is 9.40. The Morgan fingerprint density at radius 2 is 1.88 bits per heavy atom. The molecule has 1 unspecified atom stereocenters. The number of imidazole rings is 1. The average molecular weight is 362 g/mol. The van der Waals surface area contributed by atoms with Gasteiger partial charge in [-0.05, 0) is 23.1 Å². The lowest BCUT2D eigenvalue weighted by atomic mass is 9.87. The smallest absolute Gasteiger partial charge is 0.243 e. The second-order valence-electron chi connectivity index (χ2n) is 7.51. The molecule has 1 aromatic carbocycles. The molecule has 1 fully saturated rings. The third-order valence-corrected chi connectivity index (χ3v) is 6.60. The lowest BCUT2D eigenvalue weighted by Crippen LogP contribution is -2.49. The van der Waals surface area contributed by atoms with Gasteiger partial charge in [0.25, 0.3) is 0 Å². The predicted molar refractivity (Wildman–Crippen MR) is 97.9 cm³/mol. The molecule has 2 heterocycles. The van der Waals surface area contributed by atoms with Gasteiger partial charge in [0.05, 0.1) is 10.9 Å². The molecule has 136 valence electrons. The van der Waals surface area contributed by atoms with E-state index in [1.165, 1.54) is 0 Å². The van der Waals surface area contributed by atoms with Crippen molar-refractivity contribution in [2.45, 2.75) is 37.1 Å². The predicted octanol–water partition coefficient (Wildman–Crippen LogP) is 2.05. The largest absolute Gasteiger partial charge is 0.337 e. The Kier molecular flexibility index (Phi) is 4.74. The van der Waals surface area contributed by atoms with Crippen molar-refractivity contribution in [3.63, 3.8) is 0 Å². The maximum Gasteiger partial charge on any atom is 0.243 e. The molecule has 0 bridgehead atoms. The molecule has 1 N–H and O–H groups in total. The fourth-order valence-corrected chi connectivity index (χ4v) is 4.74. The van der Waals surface area contributed by atoms with Gasteiger partial charge in [0.15, 0.2) is 0 Å². The van der Waals surface area contributed by atoms with Crippen molar-refractivity contribution in [1.82, 2.24) is 19.2 Å². The summed E-state index contributed by atoms with van der Waals surface area (Å²) in [6.45, 7) is 7.98. The molecular weight excluding hydrogens is 336 g/mol. The highest BCUT2D eigenvalue weighted by molar-refractivity contribution is 7.89. The van der Waals surface area contributed by atoms with E-state index in [9.17, 15) is 8.42 Å². The number of hydrogen-bond acceptors (Lipinski definition) is 4. The first-order valence-corrected chi connectivity index (χ1v) is 9.95. The number of benzene rings is 1. The van der Waals surface area contributed by atoms with Gasteiger partial charge < -0.3 is 9.88 Å². The van der Waals surface area contributed by atoms with Crippen molar-refractivity contribution in [3.8, 4) is 0 Å². The van der Waals surface area contributed by atoms with Crippen molar-refractivity contribution in [3.05, 3.63) is 48.0 Å². The molecule has 1 aromatic heterocycles. The second kappa shape index (κ2) is 6.55. The average Bonchev–Trinajstić information content (AvgIpc) is 3.00. The maximum atomic E-state index is 13.2. The van der Waals surface area contributed by atoms with E-state index in [2.05, 4.69) is 31.1 Å². The van der Waals surface area contributed by atoms with E-state index in [0.29, 0.717) is 24.5 Å². The van der Waals surface area contributed by atoms with Gasteiger partial charge >= 0.3 is 0 Å². The number of rotatable bonds is 3. The fourth-order valence-electron chi connectivity index (χ4n) is 3.15. The topological polar surface area (TPSA) is 67.2 Å². The van der Waals surface area contributed by atoms with E-state index in [0.717, 1.165) is 11.4 Å². The van der Waals surface area contributed by atoms with Crippen molar-refractivity contribution >= 4 is 10.0 Å². The number of nitrogens with one attached hydrogen (secondary N) is 1. The Balaban J connectivity index is 1.96. The fraction of sp³-hybridized carbons (Fsp3) is 0.500. The summed E-state index contributed by atoms with van der Waals surface area (Å²) in [5, 5.41) is 3.27. The Morgan fingerprint density at radius 3 is 2.44 bits per heavy atom. The van der Waals surface area contributed by atoms with Crippen LogP contribution < -0.4 is 5.32 Å². The van der Waals surface area contributed by atoms with Gasteiger partial charge in [-0.3, -0.25) is 0 Å². The highest BCUT2D eigenvalue weighted by Gasteiger charge is 2.36. The van der Waals surface area contributed by atoms with Gasteiger partial charge in [-0.1, -0.05) is 32.9 Å². The lowest BCUT2D eigenvalue weighted by Gasteiger charge is -2.34. The number of sulfonamides is 1. The minimum absolute atomic E-state index is 0.00711. The van der Waals surface area contributed by atoms with Gasteiger partial charge in [0, 0.05) is 39.1 Å². The molecule has 7 heteroatoms. The van der Waals surface area contributed by atoms with E-state index in [1.807, 2.05) is 29.9 Å². The quantitative estimate of drug-likeness (QED) is 0.907. The SMILES string of the molecule is Cn1ccnc1C1CNCCN1S(=O)(=O)c1ccc(C(C)(C)C)cc1. The number of hydrogen-bond donors (Lipinski definition) is 1. The van der Waals surface area contributed by atoms with Gasteiger partial charge in [0.1, 0.15) is 5.82 Å². The summed E-state index contributed by atoms with van der Waals surface area (Å²) in [5.41, 5.74) is 1.11. The zero-order valence-electron chi connectivity index (χ0n) is 15.2. The number of nitrogens with zero attached hydrogens (tertiary/aromatic N) is 3. The molecule has 0 saturated carbocycles. The maximum absolute atomic E-state index is 13.2. The highest BCUT2D eigenvalue weighted by Crippen LogP contribution is 2.29.